The molecule has 0 bridgehead atoms. The van der Waals surface area contributed by atoms with Crippen LogP contribution in [0.5, 0.6) is 5.75 Å². The molecular formula is C18H22N2O2S2. The van der Waals surface area contributed by atoms with E-state index < -0.39 is 0 Å². The zero-order chi connectivity index (χ0) is 17.2. The third kappa shape index (κ3) is 6.29. The van der Waals surface area contributed by atoms with E-state index in [1.807, 2.05) is 29.6 Å². The van der Waals surface area contributed by atoms with Gasteiger partial charge in [0.2, 0.25) is 0 Å². The number of hydrogen-bond donors (Lipinski definition) is 2. The first-order chi connectivity index (χ1) is 11.7. The molecule has 2 aromatic rings. The van der Waals surface area contributed by atoms with Gasteiger partial charge in [-0.2, -0.15) is 0 Å². The maximum atomic E-state index is 12.2. The summed E-state index contributed by atoms with van der Waals surface area (Å²) >= 11 is 6.79. The maximum Gasteiger partial charge on any atom is 0.257 e. The first-order valence-corrected chi connectivity index (χ1v) is 9.32. The number of carbonyl (C=O) groups excluding carboxylic acids is 1. The van der Waals surface area contributed by atoms with Crippen LogP contribution in [0.15, 0.2) is 41.8 Å². The molecule has 0 aliphatic carbocycles. The highest BCUT2D eigenvalue weighted by molar-refractivity contribution is 7.80. The van der Waals surface area contributed by atoms with Gasteiger partial charge in [0, 0.05) is 10.4 Å². The zero-order valence-electron chi connectivity index (χ0n) is 13.7. The Balaban J connectivity index is 1.76. The molecule has 1 heterocycles. The van der Waals surface area contributed by atoms with Crippen molar-refractivity contribution < 1.29 is 9.53 Å². The molecule has 0 fully saturated rings. The smallest absolute Gasteiger partial charge is 0.257 e. The number of unbranched alkanes of at least 4 members (excludes halogenated alkanes) is 2. The van der Waals surface area contributed by atoms with Crippen molar-refractivity contribution in [2.75, 3.05) is 6.61 Å². The highest BCUT2D eigenvalue weighted by Gasteiger charge is 2.08. The summed E-state index contributed by atoms with van der Waals surface area (Å²) in [5.74, 6) is 0.553. The van der Waals surface area contributed by atoms with Crippen LogP contribution < -0.4 is 15.4 Å². The molecule has 24 heavy (non-hydrogen) atoms. The lowest BCUT2D eigenvalue weighted by Gasteiger charge is -2.09. The summed E-state index contributed by atoms with van der Waals surface area (Å²) < 4.78 is 5.64. The van der Waals surface area contributed by atoms with Gasteiger partial charge < -0.3 is 10.1 Å². The fraction of sp³-hybridized carbons (Fsp3) is 0.333. The van der Waals surface area contributed by atoms with E-state index in [1.165, 1.54) is 6.42 Å². The lowest BCUT2D eigenvalue weighted by atomic mass is 10.2. The zero-order valence-corrected chi connectivity index (χ0v) is 15.3. The van der Waals surface area contributed by atoms with Crippen molar-refractivity contribution in [3.8, 4) is 5.75 Å². The Morgan fingerprint density at radius 3 is 2.67 bits per heavy atom. The molecule has 0 radical (unpaired) electrons. The van der Waals surface area contributed by atoms with Crippen molar-refractivity contribution in [2.24, 2.45) is 0 Å². The molecule has 4 nitrogen and oxygen atoms in total. The molecule has 2 N–H and O–H groups in total. The van der Waals surface area contributed by atoms with Crippen LogP contribution >= 0.6 is 23.6 Å². The lowest BCUT2D eigenvalue weighted by molar-refractivity contribution is 0.0976. The monoisotopic (exact) mass is 362 g/mol. The topological polar surface area (TPSA) is 50.4 Å². The summed E-state index contributed by atoms with van der Waals surface area (Å²) in [6.07, 6.45) is 3.38. The van der Waals surface area contributed by atoms with Gasteiger partial charge in [-0.25, -0.2) is 0 Å². The normalized spacial score (nSPS) is 10.2. The van der Waals surface area contributed by atoms with E-state index in [-0.39, 0.29) is 5.91 Å². The summed E-state index contributed by atoms with van der Waals surface area (Å²) in [5.41, 5.74) is 0.552. The van der Waals surface area contributed by atoms with E-state index in [2.05, 4.69) is 17.6 Å². The van der Waals surface area contributed by atoms with E-state index >= 15 is 0 Å². The lowest BCUT2D eigenvalue weighted by Crippen LogP contribution is -2.38. The third-order valence-electron chi connectivity index (χ3n) is 3.36. The Hall–Kier alpha value is -1.92. The number of nitrogens with one attached hydrogen (secondary N) is 2. The minimum absolute atomic E-state index is 0.226. The van der Waals surface area contributed by atoms with Crippen molar-refractivity contribution in [1.82, 2.24) is 10.6 Å². The van der Waals surface area contributed by atoms with Gasteiger partial charge in [0.15, 0.2) is 5.11 Å². The Bertz CT molecular complexity index is 640. The van der Waals surface area contributed by atoms with Crippen molar-refractivity contribution in [2.45, 2.75) is 32.7 Å². The van der Waals surface area contributed by atoms with E-state index in [9.17, 15) is 4.79 Å². The Morgan fingerprint density at radius 2 is 2.00 bits per heavy atom. The van der Waals surface area contributed by atoms with Crippen LogP contribution in [0.1, 0.15) is 41.4 Å². The second kappa shape index (κ2) is 10.1. The molecule has 0 atom stereocenters. The third-order valence-corrected chi connectivity index (χ3v) is 4.49. The van der Waals surface area contributed by atoms with Crippen molar-refractivity contribution in [3.05, 3.63) is 52.2 Å². The predicted octanol–water partition coefficient (Wildman–Crippen LogP) is 4.12. The molecule has 2 rings (SSSR count). The standard InChI is InChI=1S/C18H22N2O2S2/c1-2-3-4-11-22-15-9-7-14(8-10-15)17(21)20-18(23)19-13-16-6-5-12-24-16/h5-10,12H,2-4,11,13H2,1H3,(H2,19,20,21,23). The van der Waals surface area contributed by atoms with Crippen molar-refractivity contribution in [1.29, 1.82) is 0 Å². The Kier molecular flexibility index (Phi) is 7.71. The quantitative estimate of drug-likeness (QED) is 0.548. The van der Waals surface area contributed by atoms with E-state index in [0.717, 1.165) is 23.5 Å². The first kappa shape index (κ1) is 18.4. The van der Waals surface area contributed by atoms with Gasteiger partial charge in [-0.15, -0.1) is 11.3 Å². The van der Waals surface area contributed by atoms with E-state index in [1.54, 1.807) is 23.5 Å². The molecule has 0 saturated carbocycles. The first-order valence-electron chi connectivity index (χ1n) is 8.03. The minimum atomic E-state index is -0.226. The van der Waals surface area contributed by atoms with Crippen LogP contribution in [0, 0.1) is 0 Å². The number of hydrogen-bond acceptors (Lipinski definition) is 4. The molecule has 0 saturated heterocycles. The number of thiophene rings is 1. The van der Waals surface area contributed by atoms with Gasteiger partial charge in [-0.3, -0.25) is 10.1 Å². The molecule has 0 spiro atoms. The fourth-order valence-corrected chi connectivity index (χ4v) is 2.85. The summed E-state index contributed by atoms with van der Waals surface area (Å²) in [6, 6.07) is 11.1. The highest BCUT2D eigenvalue weighted by atomic mass is 32.1. The van der Waals surface area contributed by atoms with Crippen LogP contribution in [0.2, 0.25) is 0 Å². The Morgan fingerprint density at radius 1 is 1.21 bits per heavy atom. The van der Waals surface area contributed by atoms with E-state index in [0.29, 0.717) is 23.8 Å². The number of ether oxygens (including phenoxy) is 1. The second-order valence-electron chi connectivity index (χ2n) is 5.30. The van der Waals surface area contributed by atoms with Crippen molar-refractivity contribution >= 4 is 34.6 Å². The van der Waals surface area contributed by atoms with Crippen molar-refractivity contribution in [3.63, 3.8) is 0 Å². The number of thiocarbonyl (C=S) groups is 1. The SMILES string of the molecule is CCCCCOc1ccc(C(=O)NC(=S)NCc2cccs2)cc1. The summed E-state index contributed by atoms with van der Waals surface area (Å²) in [5, 5.41) is 8.04. The molecule has 0 unspecified atom stereocenters. The molecule has 128 valence electrons. The van der Waals surface area contributed by atoms with Crippen LogP contribution in [0.25, 0.3) is 0 Å². The van der Waals surface area contributed by atoms with Gasteiger partial charge in [0.1, 0.15) is 5.75 Å². The molecule has 0 aliphatic heterocycles. The molecule has 1 amide bonds. The van der Waals surface area contributed by atoms with Gasteiger partial charge >= 0.3 is 0 Å². The van der Waals surface area contributed by atoms with E-state index in [4.69, 9.17) is 17.0 Å². The number of carbonyl (C=O) groups is 1. The number of benzene rings is 1. The number of amides is 1. The number of rotatable bonds is 8. The highest BCUT2D eigenvalue weighted by Crippen LogP contribution is 2.13. The maximum absolute atomic E-state index is 12.2. The predicted molar refractivity (Wildman–Crippen MR) is 103 cm³/mol. The fourth-order valence-electron chi connectivity index (χ4n) is 2.04. The average Bonchev–Trinajstić information content (AvgIpc) is 3.11. The largest absolute Gasteiger partial charge is 0.494 e. The van der Waals surface area contributed by atoms with Gasteiger partial charge in [-0.1, -0.05) is 25.8 Å². The second-order valence-corrected chi connectivity index (χ2v) is 6.74. The van der Waals surface area contributed by atoms with Crippen LogP contribution in [-0.2, 0) is 6.54 Å². The molecule has 0 aliphatic rings. The minimum Gasteiger partial charge on any atom is -0.494 e. The van der Waals surface area contributed by atoms with Crippen LogP contribution in [0.3, 0.4) is 0 Å². The van der Waals surface area contributed by atoms with Crippen LogP contribution in [-0.4, -0.2) is 17.6 Å². The molecule has 1 aromatic carbocycles. The Labute approximate surface area is 152 Å². The van der Waals surface area contributed by atoms with Crippen LogP contribution in [0.4, 0.5) is 0 Å². The van der Waals surface area contributed by atoms with Gasteiger partial charge in [0.05, 0.1) is 13.2 Å². The summed E-state index contributed by atoms with van der Waals surface area (Å²) in [7, 11) is 0. The molecule has 1 aromatic heterocycles. The molecular weight excluding hydrogens is 340 g/mol. The molecule has 6 heteroatoms. The van der Waals surface area contributed by atoms with Gasteiger partial charge in [-0.05, 0) is 54.4 Å². The summed E-state index contributed by atoms with van der Waals surface area (Å²) in [4.78, 5) is 13.3. The average molecular weight is 363 g/mol. The van der Waals surface area contributed by atoms with Gasteiger partial charge in [0.25, 0.3) is 5.91 Å². The summed E-state index contributed by atoms with van der Waals surface area (Å²) in [6.45, 7) is 3.48.